The Hall–Kier alpha value is -1.35. The van der Waals surface area contributed by atoms with Crippen molar-refractivity contribution in [3.63, 3.8) is 0 Å². The van der Waals surface area contributed by atoms with Gasteiger partial charge in [0.15, 0.2) is 0 Å². The summed E-state index contributed by atoms with van der Waals surface area (Å²) in [6.45, 7) is 3.84. The van der Waals surface area contributed by atoms with E-state index in [0.717, 1.165) is 17.4 Å². The minimum absolute atomic E-state index is 0.230. The molecular formula is C24H42NO2+. The molecule has 1 aromatic carbocycles. The van der Waals surface area contributed by atoms with Crippen LogP contribution < -0.4 is 0 Å². The fraction of sp³-hybridized carbons (Fsp3) is 0.708. The second-order valence-corrected chi connectivity index (χ2v) is 8.66. The predicted octanol–water partition coefficient (Wildman–Crippen LogP) is 6.20. The maximum absolute atomic E-state index is 10.9. The molecule has 0 spiro atoms. The van der Waals surface area contributed by atoms with E-state index in [0.29, 0.717) is 6.54 Å². The van der Waals surface area contributed by atoms with Gasteiger partial charge in [-0.2, -0.15) is 0 Å². The Morgan fingerprint density at radius 1 is 0.852 bits per heavy atom. The van der Waals surface area contributed by atoms with Crippen LogP contribution in [0.1, 0.15) is 88.7 Å². The summed E-state index contributed by atoms with van der Waals surface area (Å²) in [5.74, 6) is -0.708. The highest BCUT2D eigenvalue weighted by molar-refractivity contribution is 5.66. The van der Waals surface area contributed by atoms with Gasteiger partial charge < -0.3 is 9.59 Å². The molecule has 0 heterocycles. The molecule has 1 aromatic rings. The number of rotatable bonds is 16. The normalized spacial score (nSPS) is 11.7. The molecule has 0 aliphatic heterocycles. The fourth-order valence-corrected chi connectivity index (χ4v) is 3.70. The summed E-state index contributed by atoms with van der Waals surface area (Å²) in [6.07, 6.45) is 15.0. The number of benzene rings is 1. The highest BCUT2D eigenvalue weighted by Gasteiger charge is 2.19. The van der Waals surface area contributed by atoms with Gasteiger partial charge in [0.25, 0.3) is 0 Å². The number of quaternary nitrogens is 1. The van der Waals surface area contributed by atoms with Crippen LogP contribution in [-0.2, 0) is 17.8 Å². The summed E-state index contributed by atoms with van der Waals surface area (Å²) in [5, 5.41) is 8.95. The van der Waals surface area contributed by atoms with Crippen molar-refractivity contribution in [2.45, 2.75) is 90.5 Å². The van der Waals surface area contributed by atoms with Gasteiger partial charge in [0.05, 0.1) is 27.1 Å². The van der Waals surface area contributed by atoms with Crippen LogP contribution in [0.25, 0.3) is 0 Å². The van der Waals surface area contributed by atoms with Crippen LogP contribution >= 0.6 is 0 Å². The van der Waals surface area contributed by atoms with E-state index in [1.165, 1.54) is 75.3 Å². The molecule has 0 bridgehead atoms. The van der Waals surface area contributed by atoms with Crippen molar-refractivity contribution in [1.29, 1.82) is 0 Å². The maximum Gasteiger partial charge on any atom is 0.309 e. The molecule has 154 valence electrons. The lowest BCUT2D eigenvalue weighted by atomic mass is 9.99. The first-order chi connectivity index (χ1) is 12.9. The van der Waals surface area contributed by atoms with Gasteiger partial charge in [-0.3, -0.25) is 4.79 Å². The number of nitrogens with zero attached hydrogens (tertiary/aromatic N) is 1. The Bertz CT molecular complexity index is 525. The largest absolute Gasteiger partial charge is 0.481 e. The molecule has 0 aliphatic rings. The average Bonchev–Trinajstić information content (AvgIpc) is 2.63. The summed E-state index contributed by atoms with van der Waals surface area (Å²) in [5.41, 5.74) is 2.82. The lowest BCUT2D eigenvalue weighted by Gasteiger charge is -2.30. The van der Waals surface area contributed by atoms with Crippen molar-refractivity contribution >= 4 is 5.97 Å². The van der Waals surface area contributed by atoms with Gasteiger partial charge in [-0.25, -0.2) is 0 Å². The van der Waals surface area contributed by atoms with Crippen LogP contribution in [0.4, 0.5) is 0 Å². The molecule has 0 radical (unpaired) electrons. The SMILES string of the molecule is CCCCCCCCCCCCc1ccccc1C[N+](C)(C)CCC(=O)O. The second kappa shape index (κ2) is 13.8. The molecule has 27 heavy (non-hydrogen) atoms. The van der Waals surface area contributed by atoms with Crippen molar-refractivity contribution in [3.05, 3.63) is 35.4 Å². The van der Waals surface area contributed by atoms with Crippen molar-refractivity contribution in [3.8, 4) is 0 Å². The summed E-state index contributed by atoms with van der Waals surface area (Å²) < 4.78 is 0.724. The van der Waals surface area contributed by atoms with Gasteiger partial charge in [0.1, 0.15) is 6.54 Å². The third-order valence-corrected chi connectivity index (χ3v) is 5.45. The molecule has 3 nitrogen and oxygen atoms in total. The molecule has 1 rings (SSSR count). The summed E-state index contributed by atoms with van der Waals surface area (Å²) >= 11 is 0. The van der Waals surface area contributed by atoms with Gasteiger partial charge in [-0.15, -0.1) is 0 Å². The van der Waals surface area contributed by atoms with Crippen molar-refractivity contribution in [2.24, 2.45) is 0 Å². The van der Waals surface area contributed by atoms with E-state index in [4.69, 9.17) is 5.11 Å². The second-order valence-electron chi connectivity index (χ2n) is 8.66. The number of hydrogen-bond acceptors (Lipinski definition) is 1. The number of carboxylic acids is 1. The summed E-state index contributed by atoms with van der Waals surface area (Å²) in [4.78, 5) is 10.9. The minimum Gasteiger partial charge on any atom is -0.481 e. The number of carbonyl (C=O) groups is 1. The molecule has 3 heteroatoms. The number of hydrogen-bond donors (Lipinski definition) is 1. The zero-order valence-electron chi connectivity index (χ0n) is 18.0. The molecule has 0 fully saturated rings. The standard InChI is InChI=1S/C24H41NO2/c1-4-5-6-7-8-9-10-11-12-13-16-22-17-14-15-18-23(22)21-25(2,3)20-19-24(26)27/h14-15,17-18H,4-13,16,19-21H2,1-3H3/p+1. The van der Waals surface area contributed by atoms with E-state index >= 15 is 0 Å². The fourth-order valence-electron chi connectivity index (χ4n) is 3.70. The van der Waals surface area contributed by atoms with Crippen molar-refractivity contribution < 1.29 is 14.4 Å². The lowest BCUT2D eigenvalue weighted by Crippen LogP contribution is -2.40. The van der Waals surface area contributed by atoms with E-state index in [1.807, 2.05) is 0 Å². The Labute approximate surface area is 167 Å². The molecule has 0 unspecified atom stereocenters. The first-order valence-electron chi connectivity index (χ1n) is 11.0. The number of aryl methyl sites for hydroxylation is 1. The predicted molar refractivity (Wildman–Crippen MR) is 115 cm³/mol. The smallest absolute Gasteiger partial charge is 0.309 e. The zero-order valence-corrected chi connectivity index (χ0v) is 18.0. The molecule has 1 N–H and O–H groups in total. The highest BCUT2D eigenvalue weighted by atomic mass is 16.4. The number of unbranched alkanes of at least 4 members (excludes halogenated alkanes) is 9. The van der Waals surface area contributed by atoms with E-state index in [-0.39, 0.29) is 6.42 Å². The molecule has 0 aromatic heterocycles. The first kappa shape index (κ1) is 23.7. The molecule has 0 saturated heterocycles. The van der Waals surface area contributed by atoms with Crippen LogP contribution in [0.5, 0.6) is 0 Å². The Morgan fingerprint density at radius 3 is 1.93 bits per heavy atom. The van der Waals surface area contributed by atoms with E-state index in [9.17, 15) is 4.79 Å². The third-order valence-electron chi connectivity index (χ3n) is 5.45. The van der Waals surface area contributed by atoms with Crippen LogP contribution in [0.15, 0.2) is 24.3 Å². The highest BCUT2D eigenvalue weighted by Crippen LogP contribution is 2.18. The molecular weight excluding hydrogens is 334 g/mol. The maximum atomic E-state index is 10.9. The van der Waals surface area contributed by atoms with E-state index < -0.39 is 5.97 Å². The van der Waals surface area contributed by atoms with Crippen molar-refractivity contribution in [2.75, 3.05) is 20.6 Å². The van der Waals surface area contributed by atoms with E-state index in [1.54, 1.807) is 0 Å². The Morgan fingerprint density at radius 2 is 1.37 bits per heavy atom. The average molecular weight is 377 g/mol. The monoisotopic (exact) mass is 376 g/mol. The van der Waals surface area contributed by atoms with Crippen molar-refractivity contribution in [1.82, 2.24) is 0 Å². The first-order valence-corrected chi connectivity index (χ1v) is 11.0. The Balaban J connectivity index is 2.28. The van der Waals surface area contributed by atoms with Gasteiger partial charge in [0, 0.05) is 5.56 Å². The van der Waals surface area contributed by atoms with E-state index in [2.05, 4.69) is 45.3 Å². The van der Waals surface area contributed by atoms with Crippen LogP contribution in [-0.4, -0.2) is 36.2 Å². The zero-order chi connectivity index (χ0) is 20.0. The van der Waals surface area contributed by atoms with Crippen LogP contribution in [0.2, 0.25) is 0 Å². The van der Waals surface area contributed by atoms with Crippen LogP contribution in [0, 0.1) is 0 Å². The van der Waals surface area contributed by atoms with Crippen LogP contribution in [0.3, 0.4) is 0 Å². The quantitative estimate of drug-likeness (QED) is 0.275. The van der Waals surface area contributed by atoms with Gasteiger partial charge in [0.2, 0.25) is 0 Å². The molecule has 0 atom stereocenters. The number of aliphatic carboxylic acids is 1. The molecule has 0 amide bonds. The van der Waals surface area contributed by atoms with Gasteiger partial charge >= 0.3 is 5.97 Å². The summed E-state index contributed by atoms with van der Waals surface area (Å²) in [6, 6.07) is 8.70. The third kappa shape index (κ3) is 11.9. The topological polar surface area (TPSA) is 37.3 Å². The summed E-state index contributed by atoms with van der Waals surface area (Å²) in [7, 11) is 4.25. The number of carboxylic acid groups (broad SMARTS) is 1. The molecule has 0 aliphatic carbocycles. The Kier molecular flexibility index (Phi) is 12.1. The lowest BCUT2D eigenvalue weighted by molar-refractivity contribution is -0.903. The van der Waals surface area contributed by atoms with Gasteiger partial charge in [-0.05, 0) is 18.4 Å². The molecule has 0 saturated carbocycles. The minimum atomic E-state index is -0.708. The van der Waals surface area contributed by atoms with Gasteiger partial charge in [-0.1, -0.05) is 89.0 Å².